The number of rotatable bonds is 3. The molecule has 2 heteroatoms. The molecule has 0 unspecified atom stereocenters. The van der Waals surface area contributed by atoms with Crippen molar-refractivity contribution in [3.63, 3.8) is 0 Å². The van der Waals surface area contributed by atoms with Gasteiger partial charge in [0.1, 0.15) is 0 Å². The van der Waals surface area contributed by atoms with Crippen molar-refractivity contribution >= 4 is 0 Å². The highest BCUT2D eigenvalue weighted by atomic mass is 16.3. The Morgan fingerprint density at radius 1 is 1.71 bits per heavy atom. The van der Waals surface area contributed by atoms with Gasteiger partial charge in [-0.3, -0.25) is 0 Å². The monoisotopic (exact) mass is 103 g/mol. The highest BCUT2D eigenvalue weighted by molar-refractivity contribution is 4.49. The highest BCUT2D eigenvalue weighted by Crippen LogP contribution is 1.94. The molecular formula is C5H13NO. The third-order valence-corrected chi connectivity index (χ3v) is 1.02. The third-order valence-electron chi connectivity index (χ3n) is 1.02. The van der Waals surface area contributed by atoms with Crippen LogP contribution < -0.4 is 5.73 Å². The number of aliphatic hydroxyl groups is 1. The zero-order valence-corrected chi connectivity index (χ0v) is 4.72. The molecular weight excluding hydrogens is 90.1 g/mol. The van der Waals surface area contributed by atoms with Crippen molar-refractivity contribution < 1.29 is 5.11 Å². The Hall–Kier alpha value is -0.0800. The van der Waals surface area contributed by atoms with E-state index in [-0.39, 0.29) is 6.61 Å². The van der Waals surface area contributed by atoms with E-state index < -0.39 is 0 Å². The molecule has 0 bridgehead atoms. The number of hydrogen-bond donors (Lipinski definition) is 2. The van der Waals surface area contributed by atoms with Crippen molar-refractivity contribution in [3.05, 3.63) is 0 Å². The molecule has 2 nitrogen and oxygen atoms in total. The summed E-state index contributed by atoms with van der Waals surface area (Å²) in [5.41, 5.74) is 5.25. The van der Waals surface area contributed by atoms with Crippen LogP contribution in [-0.4, -0.2) is 18.3 Å². The molecule has 3 N–H and O–H groups in total. The van der Waals surface area contributed by atoms with Gasteiger partial charge in [0.25, 0.3) is 0 Å². The molecule has 0 fully saturated rings. The van der Waals surface area contributed by atoms with Crippen molar-refractivity contribution in [3.8, 4) is 0 Å². The zero-order chi connectivity index (χ0) is 5.70. The topological polar surface area (TPSA) is 46.2 Å². The second-order valence-corrected chi connectivity index (χ2v) is 1.85. The molecule has 0 saturated heterocycles. The Labute approximate surface area is 44.3 Å². The molecule has 0 aliphatic heterocycles. The summed E-state index contributed by atoms with van der Waals surface area (Å²) in [7, 11) is 0. The molecule has 0 aromatic rings. The Bertz CT molecular complexity index is 39.1. The summed E-state index contributed by atoms with van der Waals surface area (Å²) in [5.74, 6) is 0.477. The number of hydrogen-bond acceptors (Lipinski definition) is 2. The first-order valence-electron chi connectivity index (χ1n) is 2.62. The van der Waals surface area contributed by atoms with Crippen molar-refractivity contribution in [2.45, 2.75) is 13.3 Å². The van der Waals surface area contributed by atoms with E-state index in [1.165, 1.54) is 0 Å². The average Bonchev–Trinajstić information content (AvgIpc) is 1.68. The molecule has 0 radical (unpaired) electrons. The van der Waals surface area contributed by atoms with Crippen LogP contribution in [0, 0.1) is 5.92 Å². The largest absolute Gasteiger partial charge is 0.396 e. The summed E-state index contributed by atoms with van der Waals surface area (Å²) in [6.07, 6.45) is 0.830. The molecule has 0 rings (SSSR count). The lowest BCUT2D eigenvalue weighted by molar-refractivity contribution is 0.264. The lowest BCUT2D eigenvalue weighted by Gasteiger charge is -2.02. The summed E-state index contributed by atoms with van der Waals surface area (Å²) < 4.78 is 0. The van der Waals surface area contributed by atoms with Crippen molar-refractivity contribution in [1.82, 2.24) is 0 Å². The smallest absolute Gasteiger partial charge is 0.0434 e. The predicted octanol–water partition coefficient (Wildman–Crippen LogP) is -0.0364. The maximum atomic E-state index is 8.31. The minimum atomic E-state index is 0.262. The SMILES string of the molecule is C[C@@H](CN)CCO. The zero-order valence-electron chi connectivity index (χ0n) is 4.72. The van der Waals surface area contributed by atoms with E-state index in [0.717, 1.165) is 6.42 Å². The van der Waals surface area contributed by atoms with Crippen molar-refractivity contribution in [2.24, 2.45) is 11.7 Å². The van der Waals surface area contributed by atoms with Crippen LogP contribution in [0.2, 0.25) is 0 Å². The standard InChI is InChI=1S/C5H13NO/c1-5(4-6)2-3-7/h5,7H,2-4,6H2,1H3/t5-/m1/s1. The van der Waals surface area contributed by atoms with Gasteiger partial charge in [0, 0.05) is 6.61 Å². The Balaban J connectivity index is 2.83. The van der Waals surface area contributed by atoms with Gasteiger partial charge < -0.3 is 10.8 Å². The van der Waals surface area contributed by atoms with Crippen LogP contribution in [0.1, 0.15) is 13.3 Å². The summed E-state index contributed by atoms with van der Waals surface area (Å²) in [5, 5.41) is 8.31. The molecule has 44 valence electrons. The van der Waals surface area contributed by atoms with Gasteiger partial charge in [-0.25, -0.2) is 0 Å². The van der Waals surface area contributed by atoms with E-state index in [2.05, 4.69) is 0 Å². The Kier molecular flexibility index (Phi) is 4.04. The molecule has 0 aromatic heterocycles. The second kappa shape index (κ2) is 4.09. The first kappa shape index (κ1) is 6.92. The number of nitrogens with two attached hydrogens (primary N) is 1. The van der Waals surface area contributed by atoms with Gasteiger partial charge in [0.2, 0.25) is 0 Å². The summed E-state index contributed by atoms with van der Waals surface area (Å²) in [4.78, 5) is 0. The van der Waals surface area contributed by atoms with Gasteiger partial charge in [0.15, 0.2) is 0 Å². The molecule has 7 heavy (non-hydrogen) atoms. The first-order valence-corrected chi connectivity index (χ1v) is 2.62. The van der Waals surface area contributed by atoms with E-state index in [4.69, 9.17) is 10.8 Å². The number of aliphatic hydroxyl groups excluding tert-OH is 1. The lowest BCUT2D eigenvalue weighted by atomic mass is 10.1. The summed E-state index contributed by atoms with van der Waals surface area (Å²) in [6, 6.07) is 0. The maximum absolute atomic E-state index is 8.31. The van der Waals surface area contributed by atoms with E-state index >= 15 is 0 Å². The van der Waals surface area contributed by atoms with Crippen LogP contribution >= 0.6 is 0 Å². The van der Waals surface area contributed by atoms with Crippen molar-refractivity contribution in [2.75, 3.05) is 13.2 Å². The second-order valence-electron chi connectivity index (χ2n) is 1.85. The maximum Gasteiger partial charge on any atom is 0.0434 e. The minimum Gasteiger partial charge on any atom is -0.396 e. The van der Waals surface area contributed by atoms with Crippen LogP contribution in [0.3, 0.4) is 0 Å². The lowest BCUT2D eigenvalue weighted by Crippen LogP contribution is -2.11. The molecule has 1 atom stereocenters. The van der Waals surface area contributed by atoms with E-state index in [9.17, 15) is 0 Å². The normalized spacial score (nSPS) is 14.1. The fraction of sp³-hybridized carbons (Fsp3) is 1.00. The van der Waals surface area contributed by atoms with Gasteiger partial charge in [-0.1, -0.05) is 6.92 Å². The fourth-order valence-electron chi connectivity index (χ4n) is 0.338. The molecule has 0 spiro atoms. The minimum absolute atomic E-state index is 0.262. The summed E-state index contributed by atoms with van der Waals surface area (Å²) >= 11 is 0. The highest BCUT2D eigenvalue weighted by Gasteiger charge is 1.93. The molecule has 0 amide bonds. The fourth-order valence-corrected chi connectivity index (χ4v) is 0.338. The predicted molar refractivity (Wildman–Crippen MR) is 29.9 cm³/mol. The van der Waals surface area contributed by atoms with E-state index in [1.54, 1.807) is 0 Å². The molecule has 0 saturated carbocycles. The van der Waals surface area contributed by atoms with Crippen LogP contribution in [0.25, 0.3) is 0 Å². The summed E-state index contributed by atoms with van der Waals surface area (Å²) in [6.45, 7) is 2.97. The molecule has 0 aliphatic rings. The van der Waals surface area contributed by atoms with Crippen LogP contribution in [0.4, 0.5) is 0 Å². The quantitative estimate of drug-likeness (QED) is 0.526. The first-order chi connectivity index (χ1) is 3.31. The van der Waals surface area contributed by atoms with Crippen LogP contribution in [0.15, 0.2) is 0 Å². The van der Waals surface area contributed by atoms with Gasteiger partial charge in [0.05, 0.1) is 0 Å². The molecule has 0 aliphatic carbocycles. The molecule has 0 heterocycles. The Morgan fingerprint density at radius 2 is 2.29 bits per heavy atom. The van der Waals surface area contributed by atoms with E-state index in [0.29, 0.717) is 12.5 Å². The average molecular weight is 103 g/mol. The van der Waals surface area contributed by atoms with E-state index in [1.807, 2.05) is 6.92 Å². The molecule has 0 aromatic carbocycles. The van der Waals surface area contributed by atoms with Crippen LogP contribution in [-0.2, 0) is 0 Å². The van der Waals surface area contributed by atoms with Crippen LogP contribution in [0.5, 0.6) is 0 Å². The van der Waals surface area contributed by atoms with Gasteiger partial charge >= 0.3 is 0 Å². The van der Waals surface area contributed by atoms with Gasteiger partial charge in [-0.05, 0) is 18.9 Å². The Morgan fingerprint density at radius 3 is 2.43 bits per heavy atom. The van der Waals surface area contributed by atoms with Crippen molar-refractivity contribution in [1.29, 1.82) is 0 Å². The van der Waals surface area contributed by atoms with Gasteiger partial charge in [-0.15, -0.1) is 0 Å². The third kappa shape index (κ3) is 3.76. The van der Waals surface area contributed by atoms with Gasteiger partial charge in [-0.2, -0.15) is 0 Å².